The molecule has 0 saturated carbocycles. The summed E-state index contributed by atoms with van der Waals surface area (Å²) in [5, 5.41) is 27.4. The number of hydrogen-bond donors (Lipinski definition) is 3. The molecule has 9 heteroatoms. The predicted octanol–water partition coefficient (Wildman–Crippen LogP) is 5.77. The lowest BCUT2D eigenvalue weighted by atomic mass is 9.90. The molecule has 0 bridgehead atoms. The number of rotatable bonds is 8. The number of para-hydroxylation sites is 1. The van der Waals surface area contributed by atoms with Crippen LogP contribution < -0.4 is 14.2 Å². The largest absolute Gasteiger partial charge is 0.502 e. The topological polar surface area (TPSA) is 109 Å². The number of β-amino-alcohol motifs (C(OH)–C–C–N with tert-alkyl or cyclic N) is 1. The van der Waals surface area contributed by atoms with Gasteiger partial charge in [-0.15, -0.1) is 11.3 Å². The zero-order chi connectivity index (χ0) is 29.0. The van der Waals surface area contributed by atoms with Crippen molar-refractivity contribution < 1.29 is 34.3 Å². The average molecular weight is 570 g/mol. The molecule has 2 aromatic carbocycles. The van der Waals surface area contributed by atoms with E-state index < -0.39 is 17.8 Å². The maximum atomic E-state index is 10.7. The van der Waals surface area contributed by atoms with Gasteiger partial charge in [-0.2, -0.15) is 0 Å². The van der Waals surface area contributed by atoms with Crippen LogP contribution >= 0.6 is 11.3 Å². The fourth-order valence-electron chi connectivity index (χ4n) is 5.39. The van der Waals surface area contributed by atoms with E-state index >= 15 is 0 Å². The van der Waals surface area contributed by atoms with Crippen molar-refractivity contribution >= 4 is 27.4 Å². The fraction of sp³-hybridized carbons (Fsp3) is 0.452. The molecule has 1 aromatic heterocycles. The molecular weight excluding hydrogens is 530 g/mol. The summed E-state index contributed by atoms with van der Waals surface area (Å²) < 4.78 is 18.9. The Morgan fingerprint density at radius 2 is 1.93 bits per heavy atom. The Bertz CT molecular complexity index is 1340. The van der Waals surface area contributed by atoms with Gasteiger partial charge in [0.05, 0.1) is 7.11 Å². The van der Waals surface area contributed by atoms with E-state index in [4.69, 9.17) is 24.4 Å². The number of thiophene rings is 1. The molecule has 3 heterocycles. The van der Waals surface area contributed by atoms with Crippen LogP contribution in [0.25, 0.3) is 10.1 Å². The first kappa shape index (κ1) is 29.7. The molecule has 0 radical (unpaired) electrons. The first-order chi connectivity index (χ1) is 19.0. The number of ether oxygens (including phenoxy) is 3. The van der Waals surface area contributed by atoms with Gasteiger partial charge < -0.3 is 29.5 Å². The van der Waals surface area contributed by atoms with Gasteiger partial charge >= 0.3 is 5.97 Å². The highest BCUT2D eigenvalue weighted by Crippen LogP contribution is 2.42. The number of carboxylic acid groups (broad SMARTS) is 1. The molecule has 1 unspecified atom stereocenters. The number of carbonyl (C=O) groups is 1. The molecule has 3 N–H and O–H groups in total. The second-order valence-corrected chi connectivity index (χ2v) is 12.2. The second kappa shape index (κ2) is 12.5. The minimum atomic E-state index is -1.38. The number of aliphatic hydroxyl groups is 2. The molecule has 216 valence electrons. The van der Waals surface area contributed by atoms with Crippen molar-refractivity contribution in [1.29, 1.82) is 0 Å². The Morgan fingerprint density at radius 3 is 2.60 bits per heavy atom. The van der Waals surface area contributed by atoms with Gasteiger partial charge in [0, 0.05) is 39.5 Å². The first-order valence-electron chi connectivity index (χ1n) is 13.5. The molecule has 2 aliphatic rings. The number of aliphatic hydroxyl groups excluding tert-OH is 2. The van der Waals surface area contributed by atoms with Crippen molar-refractivity contribution in [1.82, 2.24) is 4.90 Å². The van der Waals surface area contributed by atoms with E-state index in [1.165, 1.54) is 20.5 Å². The smallest absolute Gasteiger partial charge is 0.370 e. The van der Waals surface area contributed by atoms with Gasteiger partial charge in [0.2, 0.25) is 0 Å². The van der Waals surface area contributed by atoms with E-state index in [0.717, 1.165) is 43.1 Å². The van der Waals surface area contributed by atoms with Crippen molar-refractivity contribution in [3.8, 4) is 17.2 Å². The number of nitrogens with zero attached hydrogens (tertiary/aromatic N) is 1. The van der Waals surface area contributed by atoms with E-state index in [-0.39, 0.29) is 12.2 Å². The number of piperidine rings is 1. The lowest BCUT2D eigenvalue weighted by molar-refractivity contribution is -0.135. The summed E-state index contributed by atoms with van der Waals surface area (Å²) in [6.45, 7) is 11.0. The third kappa shape index (κ3) is 7.08. The van der Waals surface area contributed by atoms with Crippen molar-refractivity contribution in [2.45, 2.75) is 63.7 Å². The molecular formula is C31H39NO7S. The predicted molar refractivity (Wildman–Crippen MR) is 157 cm³/mol. The Labute approximate surface area is 239 Å². The maximum Gasteiger partial charge on any atom is 0.370 e. The van der Waals surface area contributed by atoms with Gasteiger partial charge in [-0.05, 0) is 76.9 Å². The summed E-state index contributed by atoms with van der Waals surface area (Å²) in [6.07, 6.45) is 2.53. The van der Waals surface area contributed by atoms with Gasteiger partial charge in [-0.25, -0.2) is 4.79 Å². The Hall–Kier alpha value is -3.27. The minimum Gasteiger partial charge on any atom is -0.502 e. The van der Waals surface area contributed by atoms with Crippen molar-refractivity contribution in [3.05, 3.63) is 65.2 Å². The monoisotopic (exact) mass is 569 g/mol. The van der Waals surface area contributed by atoms with Crippen LogP contribution in [0.2, 0.25) is 0 Å². The van der Waals surface area contributed by atoms with E-state index in [1.807, 2.05) is 29.5 Å². The van der Waals surface area contributed by atoms with Gasteiger partial charge in [0.1, 0.15) is 24.1 Å². The number of likely N-dealkylation sites (tertiary alicyclic amines) is 1. The lowest BCUT2D eigenvalue weighted by Crippen LogP contribution is -2.45. The summed E-state index contributed by atoms with van der Waals surface area (Å²) in [7, 11) is 1.74. The minimum absolute atomic E-state index is 0.209. The Kier molecular flexibility index (Phi) is 9.28. The molecule has 1 fully saturated rings. The number of methoxy groups -OCH3 is 1. The number of hydrogen-bond acceptors (Lipinski definition) is 8. The van der Waals surface area contributed by atoms with E-state index in [0.29, 0.717) is 18.5 Å². The molecule has 0 amide bonds. The number of fused-ring (bicyclic) bond motifs is 2. The highest BCUT2D eigenvalue weighted by molar-refractivity contribution is 7.19. The van der Waals surface area contributed by atoms with Gasteiger partial charge in [-0.3, -0.25) is 4.90 Å². The van der Waals surface area contributed by atoms with Crippen LogP contribution in [0.4, 0.5) is 0 Å². The van der Waals surface area contributed by atoms with Crippen molar-refractivity contribution in [2.24, 2.45) is 0 Å². The molecule has 2 aliphatic heterocycles. The first-order valence-corrected chi connectivity index (χ1v) is 14.3. The molecule has 3 aromatic rings. The molecule has 0 aliphatic carbocycles. The van der Waals surface area contributed by atoms with E-state index in [9.17, 15) is 9.90 Å². The van der Waals surface area contributed by atoms with E-state index in [1.54, 1.807) is 7.11 Å². The van der Waals surface area contributed by atoms with Crippen LogP contribution in [-0.4, -0.2) is 70.7 Å². The van der Waals surface area contributed by atoms with Gasteiger partial charge in [0.25, 0.3) is 0 Å². The highest BCUT2D eigenvalue weighted by atomic mass is 32.1. The second-order valence-electron chi connectivity index (χ2n) is 11.1. The van der Waals surface area contributed by atoms with Gasteiger partial charge in [-0.1, -0.05) is 18.2 Å². The molecule has 8 nitrogen and oxygen atoms in total. The number of aliphatic carboxylic acids is 1. The third-order valence-corrected chi connectivity index (χ3v) is 8.62. The quantitative estimate of drug-likeness (QED) is 0.232. The van der Waals surface area contributed by atoms with Crippen LogP contribution in [0, 0.1) is 0 Å². The summed E-state index contributed by atoms with van der Waals surface area (Å²) in [6, 6.07) is 15.0. The normalized spacial score (nSPS) is 20.5. The molecule has 3 atom stereocenters. The SMILES string of the molecule is C=C(O)C(=O)O.COc1cccc2sc([C@H]3CCN(CC(O)COc4cccc5c4OC(C)(C)C5)[C@@H](C)C3)cc12. The summed E-state index contributed by atoms with van der Waals surface area (Å²) in [4.78, 5) is 13.2. The van der Waals surface area contributed by atoms with Gasteiger partial charge in [0.15, 0.2) is 17.3 Å². The summed E-state index contributed by atoms with van der Waals surface area (Å²) >= 11 is 1.89. The zero-order valence-corrected chi connectivity index (χ0v) is 24.4. The number of benzene rings is 2. The molecule has 40 heavy (non-hydrogen) atoms. The van der Waals surface area contributed by atoms with Crippen molar-refractivity contribution in [2.75, 3.05) is 26.8 Å². The van der Waals surface area contributed by atoms with Crippen LogP contribution in [0.3, 0.4) is 0 Å². The summed E-state index contributed by atoms with van der Waals surface area (Å²) in [5.74, 6) is 0.855. The molecule has 1 saturated heterocycles. The van der Waals surface area contributed by atoms with E-state index in [2.05, 4.69) is 56.5 Å². The van der Waals surface area contributed by atoms with Crippen LogP contribution in [0.1, 0.15) is 50.0 Å². The molecule has 0 spiro atoms. The third-order valence-electron chi connectivity index (χ3n) is 7.35. The standard InChI is InChI=1S/C28H35NO4S.C3H4O3/c1-18-13-19(26-14-22-23(31-4)8-6-10-25(22)34-26)11-12-29(18)16-21(30)17-32-24-9-5-7-20-15-28(2,3)33-27(20)24;1-2(4)3(5)6/h5-10,14,18-19,21,30H,11-13,15-17H2,1-4H3;4H,1H2,(H,5,6)/t18-,19-,21?;/m0./s1. The maximum absolute atomic E-state index is 10.7. The number of carboxylic acids is 1. The zero-order valence-electron chi connectivity index (χ0n) is 23.6. The average Bonchev–Trinajstić information content (AvgIpc) is 3.48. The van der Waals surface area contributed by atoms with Crippen LogP contribution in [0.15, 0.2) is 54.8 Å². The summed E-state index contributed by atoms with van der Waals surface area (Å²) in [5.41, 5.74) is 0.964. The Balaban J connectivity index is 0.000000557. The van der Waals surface area contributed by atoms with Crippen molar-refractivity contribution in [3.63, 3.8) is 0 Å². The van der Waals surface area contributed by atoms with Crippen LogP contribution in [-0.2, 0) is 11.2 Å². The highest BCUT2D eigenvalue weighted by Gasteiger charge is 2.33. The Morgan fingerprint density at radius 1 is 1.23 bits per heavy atom. The lowest BCUT2D eigenvalue weighted by Gasteiger charge is -2.38. The van der Waals surface area contributed by atoms with Crippen LogP contribution in [0.5, 0.6) is 17.2 Å². The fourth-order valence-corrected chi connectivity index (χ4v) is 6.62. The molecule has 5 rings (SSSR count).